The van der Waals surface area contributed by atoms with Crippen LogP contribution in [0.25, 0.3) is 0 Å². The maximum Gasteiger partial charge on any atom is 0.254 e. The summed E-state index contributed by atoms with van der Waals surface area (Å²) in [6, 6.07) is 3.42. The third-order valence-electron chi connectivity index (χ3n) is 3.35. The van der Waals surface area contributed by atoms with E-state index in [2.05, 4.69) is 16.6 Å². The van der Waals surface area contributed by atoms with E-state index >= 15 is 0 Å². The van der Waals surface area contributed by atoms with Crippen LogP contribution < -0.4 is 5.32 Å². The van der Waals surface area contributed by atoms with E-state index in [1.807, 2.05) is 11.8 Å². The zero-order chi connectivity index (χ0) is 13.8. The summed E-state index contributed by atoms with van der Waals surface area (Å²) in [7, 11) is 0. The monoisotopic (exact) mass is 318 g/mol. The number of thioether (sulfide) groups is 1. The minimum Gasteiger partial charge on any atom is -0.349 e. The Hall–Kier alpha value is -0.450. The molecule has 0 spiro atoms. The number of carbonyl (C=O) groups excluding carboxylic acids is 1. The van der Waals surface area contributed by atoms with Crippen molar-refractivity contribution >= 4 is 40.9 Å². The Kier molecular flexibility index (Phi) is 5.37. The Morgan fingerprint density at radius 1 is 1.42 bits per heavy atom. The van der Waals surface area contributed by atoms with Crippen molar-refractivity contribution in [2.75, 3.05) is 6.26 Å². The van der Waals surface area contributed by atoms with Crippen molar-refractivity contribution in [2.24, 2.45) is 0 Å². The Balaban J connectivity index is 2.00. The number of aromatic nitrogens is 1. The molecule has 1 amide bonds. The van der Waals surface area contributed by atoms with Gasteiger partial charge in [0.05, 0.1) is 5.56 Å². The van der Waals surface area contributed by atoms with E-state index in [1.165, 1.54) is 6.42 Å². The van der Waals surface area contributed by atoms with Gasteiger partial charge in [-0.2, -0.15) is 11.8 Å². The molecule has 6 heteroatoms. The molecule has 0 saturated heterocycles. The molecule has 1 aromatic rings. The molecule has 1 heterocycles. The van der Waals surface area contributed by atoms with Gasteiger partial charge in [-0.3, -0.25) is 4.79 Å². The molecular weight excluding hydrogens is 303 g/mol. The van der Waals surface area contributed by atoms with E-state index < -0.39 is 0 Å². The molecule has 0 radical (unpaired) electrons. The van der Waals surface area contributed by atoms with Crippen LogP contribution in [0.3, 0.4) is 0 Å². The number of nitrogens with one attached hydrogen (secondary N) is 1. The lowest BCUT2D eigenvalue weighted by atomic mass is 9.95. The van der Waals surface area contributed by atoms with E-state index in [0.717, 1.165) is 19.3 Å². The van der Waals surface area contributed by atoms with Gasteiger partial charge in [-0.1, -0.05) is 29.6 Å². The fraction of sp³-hybridized carbons (Fsp3) is 0.538. The van der Waals surface area contributed by atoms with Crippen LogP contribution in [0.5, 0.6) is 0 Å². The van der Waals surface area contributed by atoms with Crippen LogP contribution in [0.2, 0.25) is 10.3 Å². The molecule has 0 aromatic carbocycles. The van der Waals surface area contributed by atoms with E-state index in [9.17, 15) is 4.79 Å². The summed E-state index contributed by atoms with van der Waals surface area (Å²) in [5.74, 6) is -0.166. The molecule has 2 atom stereocenters. The van der Waals surface area contributed by atoms with Gasteiger partial charge in [-0.15, -0.1) is 0 Å². The maximum absolute atomic E-state index is 12.2. The number of halogens is 2. The van der Waals surface area contributed by atoms with Crippen molar-refractivity contribution in [3.8, 4) is 0 Å². The van der Waals surface area contributed by atoms with Gasteiger partial charge in [0.1, 0.15) is 10.3 Å². The number of rotatable bonds is 3. The molecule has 2 rings (SSSR count). The van der Waals surface area contributed by atoms with Gasteiger partial charge < -0.3 is 5.32 Å². The van der Waals surface area contributed by atoms with Gasteiger partial charge >= 0.3 is 0 Å². The Bertz CT molecular complexity index is 470. The van der Waals surface area contributed by atoms with Gasteiger partial charge in [0.2, 0.25) is 0 Å². The molecule has 3 nitrogen and oxygen atoms in total. The second kappa shape index (κ2) is 6.82. The van der Waals surface area contributed by atoms with Gasteiger partial charge in [0.25, 0.3) is 5.91 Å². The molecule has 1 fully saturated rings. The van der Waals surface area contributed by atoms with Gasteiger partial charge in [-0.25, -0.2) is 4.98 Å². The van der Waals surface area contributed by atoms with Crippen LogP contribution in [-0.4, -0.2) is 28.4 Å². The van der Waals surface area contributed by atoms with Crippen LogP contribution in [0, 0.1) is 0 Å². The fourth-order valence-electron chi connectivity index (χ4n) is 2.33. The summed E-state index contributed by atoms with van der Waals surface area (Å²) in [5.41, 5.74) is 0.386. The van der Waals surface area contributed by atoms with Crippen molar-refractivity contribution < 1.29 is 4.79 Å². The highest BCUT2D eigenvalue weighted by Crippen LogP contribution is 2.27. The van der Waals surface area contributed by atoms with Crippen molar-refractivity contribution in [3.05, 3.63) is 28.0 Å². The van der Waals surface area contributed by atoms with E-state index in [0.29, 0.717) is 16.0 Å². The topological polar surface area (TPSA) is 42.0 Å². The highest BCUT2D eigenvalue weighted by molar-refractivity contribution is 7.99. The number of pyridine rings is 1. The molecule has 0 bridgehead atoms. The van der Waals surface area contributed by atoms with Crippen molar-refractivity contribution in [3.63, 3.8) is 0 Å². The summed E-state index contributed by atoms with van der Waals surface area (Å²) in [4.78, 5) is 16.0. The second-order valence-corrected chi connectivity index (χ2v) is 6.55. The van der Waals surface area contributed by atoms with Crippen LogP contribution in [-0.2, 0) is 0 Å². The number of hydrogen-bond donors (Lipinski definition) is 1. The Labute approximate surface area is 127 Å². The molecule has 1 N–H and O–H groups in total. The molecule has 19 heavy (non-hydrogen) atoms. The van der Waals surface area contributed by atoms with Gasteiger partial charge in [-0.05, 0) is 37.7 Å². The fourth-order valence-corrected chi connectivity index (χ4v) is 3.59. The lowest BCUT2D eigenvalue weighted by molar-refractivity contribution is 0.0928. The van der Waals surface area contributed by atoms with Crippen LogP contribution in [0.1, 0.15) is 36.0 Å². The lowest BCUT2D eigenvalue weighted by Gasteiger charge is -2.28. The van der Waals surface area contributed by atoms with E-state index in [-0.39, 0.29) is 17.1 Å². The molecule has 1 aliphatic carbocycles. The number of hydrogen-bond acceptors (Lipinski definition) is 3. The number of amides is 1. The minimum absolute atomic E-state index is 0.155. The Morgan fingerprint density at radius 3 is 2.89 bits per heavy atom. The molecule has 2 unspecified atom stereocenters. The quantitative estimate of drug-likeness (QED) is 0.862. The lowest BCUT2D eigenvalue weighted by Crippen LogP contribution is -2.39. The first-order valence-electron chi connectivity index (χ1n) is 6.26. The van der Waals surface area contributed by atoms with Crippen LogP contribution in [0.4, 0.5) is 0 Å². The predicted octanol–water partition coefficient (Wildman–Crippen LogP) is 3.79. The molecule has 1 saturated carbocycles. The second-order valence-electron chi connectivity index (χ2n) is 4.67. The molecule has 1 aliphatic rings. The summed E-state index contributed by atoms with van der Waals surface area (Å²) in [5, 5.41) is 4.12. The summed E-state index contributed by atoms with van der Waals surface area (Å²) in [6.07, 6.45) is 6.56. The maximum atomic E-state index is 12.2. The zero-order valence-corrected chi connectivity index (χ0v) is 13.0. The van der Waals surface area contributed by atoms with E-state index in [1.54, 1.807) is 12.1 Å². The first-order valence-corrected chi connectivity index (χ1v) is 8.30. The summed E-state index contributed by atoms with van der Waals surface area (Å²) >= 11 is 13.5. The molecule has 1 aromatic heterocycles. The smallest absolute Gasteiger partial charge is 0.254 e. The summed E-state index contributed by atoms with van der Waals surface area (Å²) < 4.78 is 0. The highest BCUT2D eigenvalue weighted by Gasteiger charge is 2.23. The first kappa shape index (κ1) is 14.9. The SMILES string of the molecule is CSC1CCCC(NC(=O)c2ccc(Cl)nc2Cl)C1. The van der Waals surface area contributed by atoms with Crippen molar-refractivity contribution in [1.82, 2.24) is 10.3 Å². The minimum atomic E-state index is -0.166. The number of carbonyl (C=O) groups is 1. The van der Waals surface area contributed by atoms with E-state index in [4.69, 9.17) is 23.2 Å². The predicted molar refractivity (Wildman–Crippen MR) is 81.3 cm³/mol. The Morgan fingerprint density at radius 2 is 2.21 bits per heavy atom. The van der Waals surface area contributed by atoms with Crippen molar-refractivity contribution in [2.45, 2.75) is 37.0 Å². The zero-order valence-electron chi connectivity index (χ0n) is 10.7. The normalized spacial score (nSPS) is 23.1. The average Bonchev–Trinajstić information content (AvgIpc) is 2.38. The molecular formula is C13H16Cl2N2OS. The summed E-state index contributed by atoms with van der Waals surface area (Å²) in [6.45, 7) is 0. The third kappa shape index (κ3) is 4.01. The standard InChI is InChI=1S/C13H16Cl2N2OS/c1-19-9-4-2-3-8(7-9)16-13(18)10-5-6-11(14)17-12(10)15/h5-6,8-9H,2-4,7H2,1H3,(H,16,18). The molecule has 0 aliphatic heterocycles. The van der Waals surface area contributed by atoms with Crippen LogP contribution in [0.15, 0.2) is 12.1 Å². The van der Waals surface area contributed by atoms with Crippen molar-refractivity contribution in [1.29, 1.82) is 0 Å². The number of nitrogens with zero attached hydrogens (tertiary/aromatic N) is 1. The van der Waals surface area contributed by atoms with Crippen LogP contribution >= 0.6 is 35.0 Å². The largest absolute Gasteiger partial charge is 0.349 e. The molecule has 104 valence electrons. The van der Waals surface area contributed by atoms with Gasteiger partial charge in [0, 0.05) is 11.3 Å². The van der Waals surface area contributed by atoms with Gasteiger partial charge in [0.15, 0.2) is 0 Å². The highest BCUT2D eigenvalue weighted by atomic mass is 35.5. The first-order chi connectivity index (χ1) is 9.10. The average molecular weight is 319 g/mol. The third-order valence-corrected chi connectivity index (χ3v) is 4.95.